The summed E-state index contributed by atoms with van der Waals surface area (Å²) < 4.78 is 0. The highest BCUT2D eigenvalue weighted by Gasteiger charge is 2.22. The highest BCUT2D eigenvalue weighted by atomic mass is 15.9. The maximum absolute atomic E-state index is 7.42. The Morgan fingerprint density at radius 3 is 3.09 bits per heavy atom. The van der Waals surface area contributed by atoms with Crippen LogP contribution in [0.5, 0.6) is 0 Å². The van der Waals surface area contributed by atoms with E-state index in [-0.39, 0.29) is 0 Å². The van der Waals surface area contributed by atoms with Gasteiger partial charge in [0, 0.05) is 6.20 Å². The van der Waals surface area contributed by atoms with E-state index in [2.05, 4.69) is 10.9 Å². The van der Waals surface area contributed by atoms with Crippen LogP contribution in [0.1, 0.15) is 0 Å². The quantitative estimate of drug-likeness (QED) is 0.327. The molecule has 0 radical (unpaired) electrons. The molecule has 0 fully saturated rings. The van der Waals surface area contributed by atoms with Crippen LogP contribution in [0.15, 0.2) is 24.3 Å². The summed E-state index contributed by atoms with van der Waals surface area (Å²) in [6.45, 7) is 0. The summed E-state index contributed by atoms with van der Waals surface area (Å²) in [5.41, 5.74) is 2.72. The smallest absolute Gasteiger partial charge is 0.147 e. The fraction of sp³-hybridized carbons (Fsp3) is 0. The molecule has 2 aliphatic heterocycles. The number of rotatable bonds is 0. The van der Waals surface area contributed by atoms with Crippen molar-refractivity contribution in [1.29, 1.82) is 5.41 Å². The second-order valence-electron chi connectivity index (χ2n) is 2.22. The molecular weight excluding hydrogens is 144 g/mol. The molecule has 0 aliphatic carbocycles. The molecule has 2 aliphatic rings. The van der Waals surface area contributed by atoms with Crippen LogP contribution in [0.2, 0.25) is 0 Å². The molecule has 5 N–H and O–H groups in total. The van der Waals surface area contributed by atoms with Crippen molar-refractivity contribution >= 4 is 5.84 Å². The largest absolute Gasteiger partial charge is 0.345 e. The molecule has 58 valence electrons. The highest BCUT2D eigenvalue weighted by Crippen LogP contribution is 2.09. The summed E-state index contributed by atoms with van der Waals surface area (Å²) in [5, 5.41) is 13.2. The van der Waals surface area contributed by atoms with Crippen LogP contribution >= 0.6 is 0 Å². The van der Waals surface area contributed by atoms with Crippen LogP contribution < -0.4 is 16.7 Å². The first-order chi connectivity index (χ1) is 5.27. The maximum atomic E-state index is 7.42. The topological polar surface area (TPSA) is 80.4 Å². The molecule has 2 rings (SSSR count). The first kappa shape index (κ1) is 6.20. The fourth-order valence-corrected chi connectivity index (χ4v) is 0.954. The molecule has 0 aromatic heterocycles. The van der Waals surface area contributed by atoms with E-state index in [9.17, 15) is 0 Å². The molecule has 0 aromatic rings. The monoisotopic (exact) mass is 152 g/mol. The molecular formula is C5H8N6. The van der Waals surface area contributed by atoms with E-state index in [1.807, 2.05) is 0 Å². The second kappa shape index (κ2) is 1.97. The molecule has 6 nitrogen and oxygen atoms in total. The van der Waals surface area contributed by atoms with Crippen LogP contribution in [0, 0.1) is 5.41 Å². The van der Waals surface area contributed by atoms with Crippen LogP contribution in [-0.4, -0.2) is 16.0 Å². The highest BCUT2D eigenvalue weighted by molar-refractivity contribution is 5.92. The number of nitrogens with two attached hydrogens (primary N) is 1. The molecule has 0 saturated carbocycles. The Morgan fingerprint density at radius 1 is 1.55 bits per heavy atom. The van der Waals surface area contributed by atoms with Crippen molar-refractivity contribution < 1.29 is 0 Å². The van der Waals surface area contributed by atoms with Gasteiger partial charge < -0.3 is 5.32 Å². The van der Waals surface area contributed by atoms with Crippen LogP contribution in [-0.2, 0) is 0 Å². The molecule has 0 unspecified atom stereocenters. The van der Waals surface area contributed by atoms with Gasteiger partial charge in [-0.25, -0.2) is 16.0 Å². The zero-order chi connectivity index (χ0) is 7.84. The zero-order valence-corrected chi connectivity index (χ0v) is 5.70. The summed E-state index contributed by atoms with van der Waals surface area (Å²) in [5.74, 6) is 6.50. The van der Waals surface area contributed by atoms with E-state index in [0.717, 1.165) is 5.82 Å². The van der Waals surface area contributed by atoms with Gasteiger partial charge >= 0.3 is 0 Å². The standard InChI is InChI=1S/C5H8N6/c6-4-1-2-8-5-3-10(7)9-11(4)5/h1-3,6,8-9H,7H2. The van der Waals surface area contributed by atoms with Crippen molar-refractivity contribution in [3.05, 3.63) is 24.3 Å². The number of hydrazine groups is 3. The minimum Gasteiger partial charge on any atom is -0.345 e. The predicted octanol–water partition coefficient (Wildman–Crippen LogP) is -1.21. The fourth-order valence-electron chi connectivity index (χ4n) is 0.954. The van der Waals surface area contributed by atoms with E-state index < -0.39 is 0 Å². The second-order valence-corrected chi connectivity index (χ2v) is 2.22. The molecule has 0 aromatic carbocycles. The Hall–Kier alpha value is -1.53. The van der Waals surface area contributed by atoms with Crippen LogP contribution in [0.4, 0.5) is 0 Å². The lowest BCUT2D eigenvalue weighted by molar-refractivity contribution is 0.189. The Labute approximate surface area is 63.4 Å². The minimum atomic E-state index is 0.350. The lowest BCUT2D eigenvalue weighted by atomic mass is 10.4. The van der Waals surface area contributed by atoms with E-state index in [1.54, 1.807) is 18.5 Å². The average molecular weight is 152 g/mol. The van der Waals surface area contributed by atoms with Crippen molar-refractivity contribution in [2.24, 2.45) is 5.84 Å². The van der Waals surface area contributed by atoms with E-state index in [1.165, 1.54) is 10.1 Å². The number of amidine groups is 1. The SMILES string of the molecule is N=C1C=CNC2=CN(N)NN12. The van der Waals surface area contributed by atoms with Gasteiger partial charge in [0.15, 0.2) is 0 Å². The van der Waals surface area contributed by atoms with Crippen molar-refractivity contribution in [2.75, 3.05) is 0 Å². The molecule has 0 spiro atoms. The van der Waals surface area contributed by atoms with Crippen LogP contribution in [0.3, 0.4) is 0 Å². The third-order valence-electron chi connectivity index (χ3n) is 1.43. The third-order valence-corrected chi connectivity index (χ3v) is 1.43. The molecule has 0 atom stereocenters. The summed E-state index contributed by atoms with van der Waals surface area (Å²) in [4.78, 5) is 0. The van der Waals surface area contributed by atoms with E-state index in [0.29, 0.717) is 5.84 Å². The van der Waals surface area contributed by atoms with Crippen molar-refractivity contribution in [3.63, 3.8) is 0 Å². The third kappa shape index (κ3) is 0.846. The number of hydrogen-bond donors (Lipinski definition) is 4. The number of nitrogens with one attached hydrogen (secondary N) is 3. The molecule has 0 bridgehead atoms. The average Bonchev–Trinajstić information content (AvgIpc) is 2.31. The van der Waals surface area contributed by atoms with Crippen molar-refractivity contribution in [1.82, 2.24) is 21.0 Å². The normalized spacial score (nSPS) is 21.5. The van der Waals surface area contributed by atoms with Crippen molar-refractivity contribution in [3.8, 4) is 0 Å². The van der Waals surface area contributed by atoms with Gasteiger partial charge in [0.25, 0.3) is 0 Å². The van der Waals surface area contributed by atoms with Crippen LogP contribution in [0.25, 0.3) is 0 Å². The summed E-state index contributed by atoms with van der Waals surface area (Å²) in [6.07, 6.45) is 4.97. The lowest BCUT2D eigenvalue weighted by Crippen LogP contribution is -2.48. The number of fused-ring (bicyclic) bond motifs is 1. The summed E-state index contributed by atoms with van der Waals surface area (Å²) in [7, 11) is 0. The predicted molar refractivity (Wildman–Crippen MR) is 39.1 cm³/mol. The first-order valence-electron chi connectivity index (χ1n) is 3.11. The lowest BCUT2D eigenvalue weighted by Gasteiger charge is -2.23. The summed E-state index contributed by atoms with van der Waals surface area (Å²) in [6, 6.07) is 0. The van der Waals surface area contributed by atoms with Gasteiger partial charge in [-0.3, -0.25) is 5.41 Å². The minimum absolute atomic E-state index is 0.350. The first-order valence-corrected chi connectivity index (χ1v) is 3.11. The zero-order valence-electron chi connectivity index (χ0n) is 5.70. The molecule has 0 amide bonds. The number of hydrogen-bond acceptors (Lipinski definition) is 5. The van der Waals surface area contributed by atoms with Gasteiger partial charge in [0.2, 0.25) is 0 Å². The van der Waals surface area contributed by atoms with Gasteiger partial charge in [-0.05, 0) is 6.08 Å². The molecule has 0 saturated heterocycles. The van der Waals surface area contributed by atoms with Crippen molar-refractivity contribution in [2.45, 2.75) is 0 Å². The Kier molecular flexibility index (Phi) is 1.11. The molecule has 6 heteroatoms. The van der Waals surface area contributed by atoms with Gasteiger partial charge in [-0.15, -0.1) is 5.53 Å². The van der Waals surface area contributed by atoms with Gasteiger partial charge in [0.05, 0.1) is 6.20 Å². The van der Waals surface area contributed by atoms with E-state index in [4.69, 9.17) is 11.3 Å². The Morgan fingerprint density at radius 2 is 2.36 bits per heavy atom. The molecule has 11 heavy (non-hydrogen) atoms. The Bertz CT molecular complexity index is 254. The van der Waals surface area contributed by atoms with Gasteiger partial charge in [-0.1, -0.05) is 0 Å². The van der Waals surface area contributed by atoms with Gasteiger partial charge in [-0.2, -0.15) is 0 Å². The van der Waals surface area contributed by atoms with E-state index >= 15 is 0 Å². The molecule has 2 heterocycles. The Balaban J connectivity index is 2.29. The maximum Gasteiger partial charge on any atom is 0.147 e. The van der Waals surface area contributed by atoms with Gasteiger partial charge in [0.1, 0.15) is 11.7 Å². The number of nitrogens with zero attached hydrogens (tertiary/aromatic N) is 2. The summed E-state index contributed by atoms with van der Waals surface area (Å²) >= 11 is 0.